The third-order valence-corrected chi connectivity index (χ3v) is 3.69. The number of rotatable bonds is 7. The third-order valence-electron chi connectivity index (χ3n) is 3.69. The Hall–Kier alpha value is -1.62. The first kappa shape index (κ1) is 12.4. The van der Waals surface area contributed by atoms with Crippen LogP contribution in [-0.2, 0) is 13.0 Å². The van der Waals surface area contributed by atoms with Gasteiger partial charge in [-0.25, -0.2) is 4.98 Å². The number of hydrogen-bond donors (Lipinski definition) is 2. The predicted molar refractivity (Wildman–Crippen MR) is 71.6 cm³/mol. The Labute approximate surface area is 112 Å². The summed E-state index contributed by atoms with van der Waals surface area (Å²) in [5.41, 5.74) is 0. The van der Waals surface area contributed by atoms with Gasteiger partial charge in [0.25, 0.3) is 0 Å². The van der Waals surface area contributed by atoms with Crippen molar-refractivity contribution in [1.82, 2.24) is 20.5 Å². The van der Waals surface area contributed by atoms with Crippen LogP contribution in [0.4, 0.5) is 0 Å². The summed E-state index contributed by atoms with van der Waals surface area (Å²) >= 11 is 0. The van der Waals surface area contributed by atoms with Crippen molar-refractivity contribution in [2.24, 2.45) is 5.92 Å². The molecular formula is C14H20N4O. The maximum atomic E-state index is 5.84. The molecule has 2 aromatic rings. The molecule has 5 heteroatoms. The molecule has 3 rings (SSSR count). The molecule has 2 unspecified atom stereocenters. The molecule has 1 aliphatic rings. The molecule has 2 N–H and O–H groups in total. The van der Waals surface area contributed by atoms with E-state index < -0.39 is 0 Å². The van der Waals surface area contributed by atoms with E-state index in [2.05, 4.69) is 39.6 Å². The van der Waals surface area contributed by atoms with Gasteiger partial charge in [0.2, 0.25) is 0 Å². The number of H-pyrrole nitrogens is 1. The third kappa shape index (κ3) is 3.23. The summed E-state index contributed by atoms with van der Waals surface area (Å²) in [4.78, 5) is 4.10. The Kier molecular flexibility index (Phi) is 3.64. The summed E-state index contributed by atoms with van der Waals surface area (Å²) in [7, 11) is 0. The zero-order valence-electron chi connectivity index (χ0n) is 11.2. The smallest absolute Gasteiger partial charge is 0.137 e. The molecule has 1 aliphatic carbocycles. The molecule has 19 heavy (non-hydrogen) atoms. The summed E-state index contributed by atoms with van der Waals surface area (Å²) < 4.78 is 5.84. The second kappa shape index (κ2) is 5.57. The standard InChI is InChI=1S/C14H20N4O/c1-10-7-12(10)13-5-4-11(19-13)8-15-6-2-3-14-16-9-17-18-14/h4-5,9-10,12,15H,2-3,6-8H2,1H3,(H,16,17,18). The summed E-state index contributed by atoms with van der Waals surface area (Å²) in [6, 6.07) is 4.21. The fourth-order valence-corrected chi connectivity index (χ4v) is 2.35. The van der Waals surface area contributed by atoms with Crippen LogP contribution >= 0.6 is 0 Å². The van der Waals surface area contributed by atoms with Gasteiger partial charge in [-0.2, -0.15) is 5.10 Å². The van der Waals surface area contributed by atoms with Crippen LogP contribution in [0.15, 0.2) is 22.9 Å². The highest BCUT2D eigenvalue weighted by atomic mass is 16.3. The van der Waals surface area contributed by atoms with Gasteiger partial charge < -0.3 is 9.73 Å². The van der Waals surface area contributed by atoms with Crippen LogP contribution in [0, 0.1) is 5.92 Å². The van der Waals surface area contributed by atoms with Crippen LogP contribution in [0.5, 0.6) is 0 Å². The lowest BCUT2D eigenvalue weighted by atomic mass is 10.3. The van der Waals surface area contributed by atoms with Gasteiger partial charge in [0, 0.05) is 12.3 Å². The topological polar surface area (TPSA) is 66.7 Å². The Morgan fingerprint density at radius 1 is 1.47 bits per heavy atom. The predicted octanol–water partition coefficient (Wildman–Crippen LogP) is 2.24. The average molecular weight is 260 g/mol. The fourth-order valence-electron chi connectivity index (χ4n) is 2.35. The van der Waals surface area contributed by atoms with Crippen LogP contribution in [0.25, 0.3) is 0 Å². The van der Waals surface area contributed by atoms with Gasteiger partial charge in [0.05, 0.1) is 6.54 Å². The van der Waals surface area contributed by atoms with E-state index in [-0.39, 0.29) is 0 Å². The van der Waals surface area contributed by atoms with Crippen molar-refractivity contribution in [3.8, 4) is 0 Å². The average Bonchev–Trinajstić information content (AvgIpc) is 2.88. The number of nitrogens with zero attached hydrogens (tertiary/aromatic N) is 2. The normalized spacial score (nSPS) is 21.7. The number of furan rings is 1. The highest BCUT2D eigenvalue weighted by molar-refractivity contribution is 5.17. The highest BCUT2D eigenvalue weighted by Crippen LogP contribution is 2.47. The van der Waals surface area contributed by atoms with E-state index in [9.17, 15) is 0 Å². The van der Waals surface area contributed by atoms with Crippen molar-refractivity contribution in [3.63, 3.8) is 0 Å². The molecule has 2 aromatic heterocycles. The largest absolute Gasteiger partial charge is 0.464 e. The SMILES string of the molecule is CC1CC1c1ccc(CNCCCc2ncn[nH]2)o1. The van der Waals surface area contributed by atoms with Crippen molar-refractivity contribution in [2.45, 2.75) is 38.6 Å². The monoisotopic (exact) mass is 260 g/mol. The lowest BCUT2D eigenvalue weighted by Crippen LogP contribution is -2.15. The van der Waals surface area contributed by atoms with Crippen molar-refractivity contribution in [2.75, 3.05) is 6.54 Å². The van der Waals surface area contributed by atoms with Gasteiger partial charge in [-0.1, -0.05) is 6.92 Å². The van der Waals surface area contributed by atoms with Crippen molar-refractivity contribution >= 4 is 0 Å². The quantitative estimate of drug-likeness (QED) is 0.749. The van der Waals surface area contributed by atoms with Gasteiger partial charge in [0.15, 0.2) is 0 Å². The highest BCUT2D eigenvalue weighted by Gasteiger charge is 2.36. The lowest BCUT2D eigenvalue weighted by Gasteiger charge is -2.01. The van der Waals surface area contributed by atoms with E-state index in [1.807, 2.05) is 0 Å². The molecule has 0 saturated heterocycles. The molecular weight excluding hydrogens is 240 g/mol. The molecule has 0 amide bonds. The molecule has 0 bridgehead atoms. The number of aromatic nitrogens is 3. The van der Waals surface area contributed by atoms with E-state index >= 15 is 0 Å². The molecule has 2 atom stereocenters. The number of aryl methyl sites for hydroxylation is 1. The fraction of sp³-hybridized carbons (Fsp3) is 0.571. The molecule has 0 radical (unpaired) electrons. The van der Waals surface area contributed by atoms with Gasteiger partial charge in [-0.15, -0.1) is 0 Å². The van der Waals surface area contributed by atoms with Crippen LogP contribution < -0.4 is 5.32 Å². The minimum Gasteiger partial charge on any atom is -0.464 e. The summed E-state index contributed by atoms with van der Waals surface area (Å²) in [5, 5.41) is 10.1. The molecule has 5 nitrogen and oxygen atoms in total. The molecule has 0 spiro atoms. The summed E-state index contributed by atoms with van der Waals surface area (Å²) in [6.45, 7) is 4.03. The van der Waals surface area contributed by atoms with E-state index in [1.54, 1.807) is 6.33 Å². The van der Waals surface area contributed by atoms with Gasteiger partial charge >= 0.3 is 0 Å². The van der Waals surface area contributed by atoms with E-state index in [4.69, 9.17) is 4.42 Å². The molecule has 0 aliphatic heterocycles. The van der Waals surface area contributed by atoms with Crippen molar-refractivity contribution in [1.29, 1.82) is 0 Å². The number of hydrogen-bond acceptors (Lipinski definition) is 4. The van der Waals surface area contributed by atoms with E-state index in [1.165, 1.54) is 6.42 Å². The van der Waals surface area contributed by atoms with Crippen LogP contribution in [0.3, 0.4) is 0 Å². The van der Waals surface area contributed by atoms with Gasteiger partial charge in [0.1, 0.15) is 23.7 Å². The second-order valence-electron chi connectivity index (χ2n) is 5.34. The Morgan fingerprint density at radius 3 is 3.11 bits per heavy atom. The minimum absolute atomic E-state index is 0.667. The first-order chi connectivity index (χ1) is 9.33. The second-order valence-corrected chi connectivity index (χ2v) is 5.34. The maximum Gasteiger partial charge on any atom is 0.137 e. The zero-order valence-corrected chi connectivity index (χ0v) is 11.2. The Morgan fingerprint density at radius 2 is 2.37 bits per heavy atom. The Balaban J connectivity index is 1.34. The van der Waals surface area contributed by atoms with Gasteiger partial charge in [-0.3, -0.25) is 5.10 Å². The van der Waals surface area contributed by atoms with Gasteiger partial charge in [-0.05, 0) is 37.4 Å². The van der Waals surface area contributed by atoms with Crippen LogP contribution in [0.2, 0.25) is 0 Å². The number of aromatic amines is 1. The zero-order chi connectivity index (χ0) is 13.1. The summed E-state index contributed by atoms with van der Waals surface area (Å²) in [6.07, 6.45) is 4.79. The van der Waals surface area contributed by atoms with E-state index in [0.29, 0.717) is 5.92 Å². The number of nitrogens with one attached hydrogen (secondary N) is 2. The minimum atomic E-state index is 0.667. The van der Waals surface area contributed by atoms with Crippen molar-refractivity contribution < 1.29 is 4.42 Å². The van der Waals surface area contributed by atoms with E-state index in [0.717, 1.165) is 49.2 Å². The molecule has 102 valence electrons. The maximum absolute atomic E-state index is 5.84. The Bertz CT molecular complexity index is 505. The lowest BCUT2D eigenvalue weighted by molar-refractivity contribution is 0.443. The molecule has 2 heterocycles. The summed E-state index contributed by atoms with van der Waals surface area (Å²) in [5.74, 6) is 4.61. The van der Waals surface area contributed by atoms with Crippen LogP contribution in [0.1, 0.15) is 43.0 Å². The van der Waals surface area contributed by atoms with Crippen molar-refractivity contribution in [3.05, 3.63) is 35.8 Å². The molecule has 1 fully saturated rings. The van der Waals surface area contributed by atoms with Crippen LogP contribution in [-0.4, -0.2) is 21.7 Å². The first-order valence-corrected chi connectivity index (χ1v) is 6.96. The first-order valence-electron chi connectivity index (χ1n) is 6.96. The molecule has 0 aromatic carbocycles. The molecule has 1 saturated carbocycles.